The summed E-state index contributed by atoms with van der Waals surface area (Å²) in [4.78, 5) is 0. The lowest BCUT2D eigenvalue weighted by Crippen LogP contribution is -2.43. The molecule has 1 aromatic rings. The fraction of sp³-hybridized carbons (Fsp3) is 0.667. The quantitative estimate of drug-likeness (QED) is 0.684. The van der Waals surface area contributed by atoms with Gasteiger partial charge in [0.1, 0.15) is 0 Å². The number of nitrogens with zero attached hydrogens (tertiary/aromatic N) is 2. The highest BCUT2D eigenvalue weighted by molar-refractivity contribution is 5.01. The Kier molecular flexibility index (Phi) is 3.29. The number of hydrogen-bond acceptors (Lipinski definition) is 2. The highest BCUT2D eigenvalue weighted by Gasteiger charge is 2.18. The summed E-state index contributed by atoms with van der Waals surface area (Å²) >= 11 is 0. The van der Waals surface area contributed by atoms with Gasteiger partial charge in [0.15, 0.2) is 0 Å². The first-order valence-electron chi connectivity index (χ1n) is 4.58. The molecule has 0 aromatic carbocycles. The number of rotatable bonds is 1. The molecular weight excluding hydrogens is 150 g/mol. The molecule has 0 aliphatic carbocycles. The van der Waals surface area contributed by atoms with Gasteiger partial charge in [-0.2, -0.15) is 5.10 Å². The van der Waals surface area contributed by atoms with Gasteiger partial charge in [-0.25, -0.2) is 0 Å². The minimum Gasteiger partial charge on any atom is -0.312 e. The Labute approximate surface area is 73.8 Å². The molecule has 0 radical (unpaired) electrons. The van der Waals surface area contributed by atoms with Gasteiger partial charge in [0, 0.05) is 19.3 Å². The summed E-state index contributed by atoms with van der Waals surface area (Å²) in [7, 11) is 0. The van der Waals surface area contributed by atoms with E-state index in [0.29, 0.717) is 6.04 Å². The Hall–Kier alpha value is -0.830. The van der Waals surface area contributed by atoms with Crippen LogP contribution in [-0.2, 0) is 0 Å². The van der Waals surface area contributed by atoms with Gasteiger partial charge in [0.25, 0.3) is 0 Å². The van der Waals surface area contributed by atoms with Gasteiger partial charge in [-0.15, -0.1) is 0 Å². The summed E-state index contributed by atoms with van der Waals surface area (Å²) in [5, 5.41) is 7.42. The van der Waals surface area contributed by atoms with Crippen LogP contribution in [0.1, 0.15) is 25.5 Å². The highest BCUT2D eigenvalue weighted by Crippen LogP contribution is 2.10. The van der Waals surface area contributed by atoms with Crippen molar-refractivity contribution in [1.82, 2.24) is 15.1 Å². The van der Waals surface area contributed by atoms with Crippen LogP contribution < -0.4 is 5.32 Å². The van der Waals surface area contributed by atoms with Crippen LogP contribution in [0.4, 0.5) is 0 Å². The molecule has 2 heterocycles. The Morgan fingerprint density at radius 1 is 1.50 bits per heavy atom. The van der Waals surface area contributed by atoms with Gasteiger partial charge in [0.05, 0.1) is 12.2 Å². The molecule has 0 saturated carbocycles. The Balaban J connectivity index is 0.000000336. The zero-order valence-corrected chi connectivity index (χ0v) is 8.04. The van der Waals surface area contributed by atoms with Gasteiger partial charge in [-0.05, 0) is 12.5 Å². The first kappa shape index (κ1) is 9.26. The fourth-order valence-corrected chi connectivity index (χ4v) is 1.09. The van der Waals surface area contributed by atoms with Gasteiger partial charge in [0.2, 0.25) is 0 Å². The van der Waals surface area contributed by atoms with Crippen LogP contribution in [0.25, 0.3) is 0 Å². The standard InChI is InChI=1S/C7H11N3.C2H6/c1-6-2-9-10(5-6)7-3-8-4-7;1-2/h2,5,7-8H,3-4H2,1H3;1-2H3. The zero-order valence-electron chi connectivity index (χ0n) is 8.04. The molecule has 0 amide bonds. The highest BCUT2D eigenvalue weighted by atomic mass is 15.3. The molecule has 3 heteroatoms. The van der Waals surface area contributed by atoms with E-state index in [1.54, 1.807) is 0 Å². The van der Waals surface area contributed by atoms with E-state index in [0.717, 1.165) is 13.1 Å². The SMILES string of the molecule is CC.Cc1cnn(C2CNC2)c1. The van der Waals surface area contributed by atoms with Crippen LogP contribution in [0.2, 0.25) is 0 Å². The minimum absolute atomic E-state index is 0.605. The third-order valence-electron chi connectivity index (χ3n) is 1.86. The molecule has 0 unspecified atom stereocenters. The summed E-state index contributed by atoms with van der Waals surface area (Å²) in [6.07, 6.45) is 3.99. The van der Waals surface area contributed by atoms with E-state index in [-0.39, 0.29) is 0 Å². The Morgan fingerprint density at radius 3 is 2.50 bits per heavy atom. The van der Waals surface area contributed by atoms with Crippen LogP contribution in [-0.4, -0.2) is 22.9 Å². The first-order valence-corrected chi connectivity index (χ1v) is 4.58. The van der Waals surface area contributed by atoms with Crippen LogP contribution in [0.3, 0.4) is 0 Å². The second-order valence-electron chi connectivity index (χ2n) is 2.81. The molecule has 1 aliphatic heterocycles. The Bertz CT molecular complexity index is 225. The maximum absolute atomic E-state index is 4.21. The normalized spacial score (nSPS) is 16.2. The lowest BCUT2D eigenvalue weighted by atomic mass is 10.2. The van der Waals surface area contributed by atoms with Crippen LogP contribution in [0.15, 0.2) is 12.4 Å². The van der Waals surface area contributed by atoms with Crippen molar-refractivity contribution in [3.8, 4) is 0 Å². The lowest BCUT2D eigenvalue weighted by molar-refractivity contribution is 0.318. The minimum atomic E-state index is 0.605. The molecule has 1 saturated heterocycles. The number of hydrogen-bond donors (Lipinski definition) is 1. The number of nitrogens with one attached hydrogen (secondary N) is 1. The number of aromatic nitrogens is 2. The van der Waals surface area contributed by atoms with E-state index in [9.17, 15) is 0 Å². The van der Waals surface area contributed by atoms with E-state index in [4.69, 9.17) is 0 Å². The van der Waals surface area contributed by atoms with Crippen molar-refractivity contribution in [3.05, 3.63) is 18.0 Å². The number of aryl methyl sites for hydroxylation is 1. The monoisotopic (exact) mass is 167 g/mol. The molecule has 68 valence electrons. The fourth-order valence-electron chi connectivity index (χ4n) is 1.09. The van der Waals surface area contributed by atoms with E-state index < -0.39 is 0 Å². The molecule has 0 bridgehead atoms. The maximum atomic E-state index is 4.21. The van der Waals surface area contributed by atoms with Gasteiger partial charge in [-0.1, -0.05) is 13.8 Å². The second-order valence-corrected chi connectivity index (χ2v) is 2.81. The molecular formula is C9H17N3. The van der Waals surface area contributed by atoms with Crippen molar-refractivity contribution in [1.29, 1.82) is 0 Å². The van der Waals surface area contributed by atoms with Crippen molar-refractivity contribution in [3.63, 3.8) is 0 Å². The van der Waals surface area contributed by atoms with Crippen molar-refractivity contribution < 1.29 is 0 Å². The van der Waals surface area contributed by atoms with Crippen molar-refractivity contribution in [2.75, 3.05) is 13.1 Å². The van der Waals surface area contributed by atoms with E-state index in [1.165, 1.54) is 5.56 Å². The third-order valence-corrected chi connectivity index (χ3v) is 1.86. The molecule has 1 N–H and O–H groups in total. The summed E-state index contributed by atoms with van der Waals surface area (Å²) in [6.45, 7) is 8.21. The average Bonchev–Trinajstić information content (AvgIpc) is 2.37. The molecule has 12 heavy (non-hydrogen) atoms. The molecule has 0 spiro atoms. The van der Waals surface area contributed by atoms with Gasteiger partial charge < -0.3 is 5.32 Å². The first-order chi connectivity index (χ1) is 5.86. The predicted octanol–water partition coefficient (Wildman–Crippen LogP) is 1.36. The average molecular weight is 167 g/mol. The topological polar surface area (TPSA) is 29.9 Å². The second kappa shape index (κ2) is 4.26. The van der Waals surface area contributed by atoms with Crippen molar-refractivity contribution in [2.24, 2.45) is 0 Å². The van der Waals surface area contributed by atoms with Crippen molar-refractivity contribution in [2.45, 2.75) is 26.8 Å². The largest absolute Gasteiger partial charge is 0.312 e. The van der Waals surface area contributed by atoms with Crippen molar-refractivity contribution >= 4 is 0 Å². The van der Waals surface area contributed by atoms with Gasteiger partial charge >= 0.3 is 0 Å². The molecule has 3 nitrogen and oxygen atoms in total. The molecule has 1 aliphatic rings. The van der Waals surface area contributed by atoms with Gasteiger partial charge in [-0.3, -0.25) is 4.68 Å². The lowest BCUT2D eigenvalue weighted by Gasteiger charge is -2.27. The van der Waals surface area contributed by atoms with Crippen LogP contribution in [0.5, 0.6) is 0 Å². The molecule has 1 aromatic heterocycles. The van der Waals surface area contributed by atoms with E-state index in [1.807, 2.05) is 24.7 Å². The van der Waals surface area contributed by atoms with Crippen LogP contribution in [0, 0.1) is 6.92 Å². The predicted molar refractivity (Wildman–Crippen MR) is 50.2 cm³/mol. The van der Waals surface area contributed by atoms with Crippen LogP contribution >= 0.6 is 0 Å². The summed E-state index contributed by atoms with van der Waals surface area (Å²) < 4.78 is 2.03. The molecule has 2 rings (SSSR count). The zero-order chi connectivity index (χ0) is 8.97. The Morgan fingerprint density at radius 2 is 2.17 bits per heavy atom. The molecule has 1 fully saturated rings. The smallest absolute Gasteiger partial charge is 0.0767 e. The third kappa shape index (κ3) is 1.85. The summed E-state index contributed by atoms with van der Waals surface area (Å²) in [6, 6.07) is 0.605. The summed E-state index contributed by atoms with van der Waals surface area (Å²) in [5.41, 5.74) is 1.24. The van der Waals surface area contributed by atoms with E-state index in [2.05, 4.69) is 23.5 Å². The maximum Gasteiger partial charge on any atom is 0.0767 e. The summed E-state index contributed by atoms with van der Waals surface area (Å²) in [5.74, 6) is 0. The molecule has 0 atom stereocenters. The van der Waals surface area contributed by atoms with E-state index >= 15 is 0 Å².